The molecule has 4 bridgehead atoms. The minimum Gasteiger partial charge on any atom is -0.299 e. The molecule has 4 saturated carbocycles. The standard InChI is InChI=1S/C15H24N2/c1-14(2,9-16)17-10-15-6-11-3-12(7-15)5-13(4-11)8-15/h11-13,17H,3-8,10H2,1-2H3. The molecule has 0 aliphatic heterocycles. The molecule has 0 aromatic rings. The molecule has 0 radical (unpaired) electrons. The Morgan fingerprint density at radius 3 is 2.00 bits per heavy atom. The first kappa shape index (κ1) is 11.5. The Balaban J connectivity index is 1.69. The summed E-state index contributed by atoms with van der Waals surface area (Å²) in [5.74, 6) is 3.02. The quantitative estimate of drug-likeness (QED) is 0.811. The Morgan fingerprint density at radius 1 is 1.12 bits per heavy atom. The first-order valence-corrected chi connectivity index (χ1v) is 7.17. The second-order valence-corrected chi connectivity index (χ2v) is 7.51. The van der Waals surface area contributed by atoms with Gasteiger partial charge in [0.1, 0.15) is 5.54 Å². The highest BCUT2D eigenvalue weighted by molar-refractivity contribution is 5.06. The molecule has 17 heavy (non-hydrogen) atoms. The topological polar surface area (TPSA) is 35.8 Å². The van der Waals surface area contributed by atoms with Crippen molar-refractivity contribution in [3.63, 3.8) is 0 Å². The zero-order valence-corrected chi connectivity index (χ0v) is 11.1. The second-order valence-electron chi connectivity index (χ2n) is 7.51. The highest BCUT2D eigenvalue weighted by Crippen LogP contribution is 2.59. The third kappa shape index (κ3) is 2.10. The van der Waals surface area contributed by atoms with Gasteiger partial charge in [0.15, 0.2) is 0 Å². The summed E-state index contributed by atoms with van der Waals surface area (Å²) in [5, 5.41) is 12.6. The zero-order valence-electron chi connectivity index (χ0n) is 11.1. The van der Waals surface area contributed by atoms with Gasteiger partial charge in [-0.05, 0) is 75.5 Å². The molecule has 0 aromatic heterocycles. The SMILES string of the molecule is CC(C)(C#N)NCC12CC3CC(CC(C3)C1)C2. The van der Waals surface area contributed by atoms with E-state index in [0.29, 0.717) is 5.41 Å². The monoisotopic (exact) mass is 232 g/mol. The van der Waals surface area contributed by atoms with Crippen LogP contribution >= 0.6 is 0 Å². The van der Waals surface area contributed by atoms with Crippen molar-refractivity contribution in [3.05, 3.63) is 0 Å². The van der Waals surface area contributed by atoms with Gasteiger partial charge in [0.25, 0.3) is 0 Å². The molecular formula is C15H24N2. The van der Waals surface area contributed by atoms with Crippen molar-refractivity contribution in [1.82, 2.24) is 5.32 Å². The van der Waals surface area contributed by atoms with Crippen LogP contribution in [0.1, 0.15) is 52.4 Å². The van der Waals surface area contributed by atoms with Gasteiger partial charge in [-0.3, -0.25) is 5.32 Å². The van der Waals surface area contributed by atoms with Gasteiger partial charge in [-0.15, -0.1) is 0 Å². The summed E-state index contributed by atoms with van der Waals surface area (Å²) in [5.41, 5.74) is 0.187. The average molecular weight is 232 g/mol. The molecule has 2 heteroatoms. The first-order valence-electron chi connectivity index (χ1n) is 7.17. The molecule has 0 saturated heterocycles. The number of hydrogen-bond donors (Lipinski definition) is 1. The molecule has 0 atom stereocenters. The van der Waals surface area contributed by atoms with Crippen molar-refractivity contribution in [2.45, 2.75) is 57.9 Å². The van der Waals surface area contributed by atoms with E-state index in [1.54, 1.807) is 0 Å². The molecule has 1 N–H and O–H groups in total. The molecule has 0 amide bonds. The van der Waals surface area contributed by atoms with Crippen LogP contribution in [0.4, 0.5) is 0 Å². The van der Waals surface area contributed by atoms with E-state index in [4.69, 9.17) is 5.26 Å². The lowest BCUT2D eigenvalue weighted by Gasteiger charge is -2.57. The molecule has 2 nitrogen and oxygen atoms in total. The van der Waals surface area contributed by atoms with Gasteiger partial charge in [0, 0.05) is 6.54 Å². The van der Waals surface area contributed by atoms with Gasteiger partial charge in [-0.2, -0.15) is 5.26 Å². The number of nitrogens with zero attached hydrogens (tertiary/aromatic N) is 1. The van der Waals surface area contributed by atoms with Crippen LogP contribution < -0.4 is 5.32 Å². The molecule has 0 unspecified atom stereocenters. The molecule has 4 fully saturated rings. The van der Waals surface area contributed by atoms with Gasteiger partial charge in [0.2, 0.25) is 0 Å². The molecular weight excluding hydrogens is 208 g/mol. The van der Waals surface area contributed by atoms with E-state index in [-0.39, 0.29) is 5.54 Å². The van der Waals surface area contributed by atoms with E-state index in [1.165, 1.54) is 38.5 Å². The van der Waals surface area contributed by atoms with Crippen LogP contribution in [0.2, 0.25) is 0 Å². The minimum atomic E-state index is -0.358. The van der Waals surface area contributed by atoms with Crippen molar-refractivity contribution in [2.24, 2.45) is 23.2 Å². The van der Waals surface area contributed by atoms with E-state index in [1.807, 2.05) is 13.8 Å². The lowest BCUT2D eigenvalue weighted by molar-refractivity contribution is -0.0531. The van der Waals surface area contributed by atoms with Gasteiger partial charge < -0.3 is 0 Å². The summed E-state index contributed by atoms with van der Waals surface area (Å²) in [4.78, 5) is 0. The van der Waals surface area contributed by atoms with E-state index in [0.717, 1.165) is 24.3 Å². The molecule has 0 aromatic carbocycles. The van der Waals surface area contributed by atoms with E-state index in [2.05, 4.69) is 11.4 Å². The van der Waals surface area contributed by atoms with Crippen LogP contribution in [-0.2, 0) is 0 Å². The van der Waals surface area contributed by atoms with Crippen LogP contribution in [0.25, 0.3) is 0 Å². The fourth-order valence-corrected chi connectivity index (χ4v) is 4.95. The van der Waals surface area contributed by atoms with E-state index in [9.17, 15) is 0 Å². The normalized spacial score (nSPS) is 43.7. The van der Waals surface area contributed by atoms with Crippen LogP contribution in [0.3, 0.4) is 0 Å². The second kappa shape index (κ2) is 3.72. The number of hydrogen-bond acceptors (Lipinski definition) is 2. The highest BCUT2D eigenvalue weighted by atomic mass is 15.0. The Hall–Kier alpha value is -0.550. The third-order valence-electron chi connectivity index (χ3n) is 5.35. The summed E-state index contributed by atoms with van der Waals surface area (Å²) in [7, 11) is 0. The zero-order chi connectivity index (χ0) is 12.1. The largest absolute Gasteiger partial charge is 0.299 e. The van der Waals surface area contributed by atoms with Gasteiger partial charge in [0.05, 0.1) is 6.07 Å². The Labute approximate surface area is 105 Å². The first-order chi connectivity index (χ1) is 8.00. The maximum absolute atomic E-state index is 9.09. The van der Waals surface area contributed by atoms with Crippen LogP contribution in [0, 0.1) is 34.5 Å². The number of nitriles is 1. The van der Waals surface area contributed by atoms with Crippen LogP contribution in [0.5, 0.6) is 0 Å². The van der Waals surface area contributed by atoms with Crippen LogP contribution in [-0.4, -0.2) is 12.1 Å². The van der Waals surface area contributed by atoms with Crippen LogP contribution in [0.15, 0.2) is 0 Å². The summed E-state index contributed by atoms with van der Waals surface area (Å²) >= 11 is 0. The molecule has 0 spiro atoms. The van der Waals surface area contributed by atoms with Gasteiger partial charge >= 0.3 is 0 Å². The fraction of sp³-hybridized carbons (Fsp3) is 0.933. The maximum atomic E-state index is 9.09. The Bertz CT molecular complexity index is 315. The van der Waals surface area contributed by atoms with Crippen molar-refractivity contribution >= 4 is 0 Å². The summed E-state index contributed by atoms with van der Waals surface area (Å²) in [6.07, 6.45) is 8.78. The van der Waals surface area contributed by atoms with Crippen molar-refractivity contribution in [3.8, 4) is 6.07 Å². The predicted molar refractivity (Wildman–Crippen MR) is 68.3 cm³/mol. The fourth-order valence-electron chi connectivity index (χ4n) is 4.95. The van der Waals surface area contributed by atoms with Gasteiger partial charge in [-0.1, -0.05) is 0 Å². The molecule has 4 aliphatic rings. The lowest BCUT2D eigenvalue weighted by Crippen LogP contribution is -2.53. The minimum absolute atomic E-state index is 0.358. The van der Waals surface area contributed by atoms with Crippen molar-refractivity contribution < 1.29 is 0 Å². The molecule has 0 heterocycles. The highest BCUT2D eigenvalue weighted by Gasteiger charge is 2.50. The average Bonchev–Trinajstić information content (AvgIpc) is 2.25. The van der Waals surface area contributed by atoms with E-state index < -0.39 is 0 Å². The summed E-state index contributed by atoms with van der Waals surface area (Å²) in [6.45, 7) is 5.05. The third-order valence-corrected chi connectivity index (χ3v) is 5.35. The molecule has 4 aliphatic carbocycles. The van der Waals surface area contributed by atoms with Crippen molar-refractivity contribution in [1.29, 1.82) is 5.26 Å². The molecule has 4 rings (SSSR count). The Morgan fingerprint density at radius 2 is 1.59 bits per heavy atom. The van der Waals surface area contributed by atoms with E-state index >= 15 is 0 Å². The summed E-state index contributed by atoms with van der Waals surface area (Å²) in [6, 6.07) is 2.36. The predicted octanol–water partition coefficient (Wildman–Crippen LogP) is 3.09. The van der Waals surface area contributed by atoms with Crippen molar-refractivity contribution in [2.75, 3.05) is 6.54 Å². The Kier molecular flexibility index (Phi) is 2.52. The maximum Gasteiger partial charge on any atom is 0.101 e. The lowest BCUT2D eigenvalue weighted by atomic mass is 9.49. The summed E-state index contributed by atoms with van der Waals surface area (Å²) < 4.78 is 0. The smallest absolute Gasteiger partial charge is 0.101 e. The molecule has 94 valence electrons. The van der Waals surface area contributed by atoms with Gasteiger partial charge in [-0.25, -0.2) is 0 Å². The number of rotatable bonds is 3. The number of nitrogens with one attached hydrogen (secondary N) is 1.